The van der Waals surface area contributed by atoms with Crippen LogP contribution < -0.4 is 15.0 Å². The molecule has 11 heteroatoms. The average molecular weight is 432 g/mol. The van der Waals surface area contributed by atoms with Crippen LogP contribution in [-0.4, -0.2) is 29.2 Å². The van der Waals surface area contributed by atoms with Crippen molar-refractivity contribution in [3.63, 3.8) is 0 Å². The number of halogens is 4. The van der Waals surface area contributed by atoms with Gasteiger partial charge < -0.3 is 14.5 Å². The number of fused-ring (bicyclic) bond motifs is 1. The summed E-state index contributed by atoms with van der Waals surface area (Å²) < 4.78 is 48.4. The van der Waals surface area contributed by atoms with Crippen molar-refractivity contribution in [2.45, 2.75) is 17.0 Å². The highest BCUT2D eigenvalue weighted by atomic mass is 35.5. The van der Waals surface area contributed by atoms with E-state index in [1.54, 1.807) is 6.07 Å². The van der Waals surface area contributed by atoms with E-state index in [0.717, 1.165) is 17.8 Å². The number of hydrogen-bond donors (Lipinski definition) is 1. The van der Waals surface area contributed by atoms with Crippen LogP contribution in [0.1, 0.15) is 11.4 Å². The van der Waals surface area contributed by atoms with Crippen LogP contribution in [-0.2, 0) is 11.9 Å². The molecule has 0 fully saturated rings. The maximum atomic E-state index is 12.7. The third-order valence-electron chi connectivity index (χ3n) is 3.74. The van der Waals surface area contributed by atoms with Gasteiger partial charge in [0.1, 0.15) is 10.9 Å². The molecule has 0 aliphatic carbocycles. The van der Waals surface area contributed by atoms with E-state index in [4.69, 9.17) is 21.1 Å². The molecule has 3 rings (SSSR count). The fourth-order valence-corrected chi connectivity index (χ4v) is 3.47. The van der Waals surface area contributed by atoms with Crippen LogP contribution >= 0.6 is 23.4 Å². The molecule has 0 spiro atoms. The van der Waals surface area contributed by atoms with E-state index in [2.05, 4.69) is 15.0 Å². The zero-order valence-electron chi connectivity index (χ0n) is 14.6. The summed E-state index contributed by atoms with van der Waals surface area (Å²) in [5.74, 6) is 1.27. The molecule has 0 radical (unpaired) electrons. The second-order valence-corrected chi connectivity index (χ2v) is 6.91. The number of rotatable bonds is 5. The summed E-state index contributed by atoms with van der Waals surface area (Å²) in [5.41, 5.74) is -0.920. The maximum absolute atomic E-state index is 12.7. The molecule has 2 heterocycles. The maximum Gasteiger partial charge on any atom is 0.417 e. The van der Waals surface area contributed by atoms with Crippen LogP contribution in [0.4, 0.5) is 13.2 Å². The summed E-state index contributed by atoms with van der Waals surface area (Å²) in [5, 5.41) is 0.385. The van der Waals surface area contributed by atoms with Crippen molar-refractivity contribution in [3.05, 3.63) is 51.2 Å². The second kappa shape index (κ2) is 7.88. The molecule has 0 saturated heterocycles. The lowest BCUT2D eigenvalue weighted by atomic mass is 10.2. The first kappa shape index (κ1) is 20.3. The van der Waals surface area contributed by atoms with Gasteiger partial charge in [0.05, 0.1) is 41.5 Å². The Labute approximate surface area is 166 Å². The van der Waals surface area contributed by atoms with Crippen molar-refractivity contribution in [2.24, 2.45) is 0 Å². The number of aromatic amines is 1. The van der Waals surface area contributed by atoms with Gasteiger partial charge in [-0.15, -0.1) is 0 Å². The highest BCUT2D eigenvalue weighted by Crippen LogP contribution is 2.34. The molecule has 0 atom stereocenters. The summed E-state index contributed by atoms with van der Waals surface area (Å²) in [4.78, 5) is 23.1. The molecule has 0 saturated carbocycles. The van der Waals surface area contributed by atoms with Crippen LogP contribution in [0, 0.1) is 0 Å². The zero-order chi connectivity index (χ0) is 20.5. The van der Waals surface area contributed by atoms with Gasteiger partial charge >= 0.3 is 6.18 Å². The van der Waals surface area contributed by atoms with Crippen molar-refractivity contribution in [3.8, 4) is 11.5 Å². The molecule has 0 unspecified atom stereocenters. The Bertz CT molecular complexity index is 1090. The molecular formula is C17H13ClF3N3O3S. The number of nitrogens with zero attached hydrogens (tertiary/aromatic N) is 2. The molecule has 0 aliphatic rings. The van der Waals surface area contributed by atoms with Crippen molar-refractivity contribution < 1.29 is 22.6 Å². The number of H-pyrrole nitrogens is 1. The number of pyridine rings is 1. The van der Waals surface area contributed by atoms with Gasteiger partial charge in [0.15, 0.2) is 11.5 Å². The number of benzene rings is 1. The molecular weight excluding hydrogens is 419 g/mol. The van der Waals surface area contributed by atoms with E-state index >= 15 is 0 Å². The Morgan fingerprint density at radius 2 is 1.86 bits per heavy atom. The quantitative estimate of drug-likeness (QED) is 0.607. The summed E-state index contributed by atoms with van der Waals surface area (Å²) >= 11 is 6.95. The highest BCUT2D eigenvalue weighted by molar-refractivity contribution is 7.98. The first-order valence-electron chi connectivity index (χ1n) is 7.73. The Balaban J connectivity index is 1.88. The molecule has 148 valence electrons. The molecule has 1 N–H and O–H groups in total. The number of aromatic nitrogens is 3. The van der Waals surface area contributed by atoms with Gasteiger partial charge in [-0.25, -0.2) is 9.97 Å². The summed E-state index contributed by atoms with van der Waals surface area (Å²) in [6.07, 6.45) is -3.81. The molecule has 3 aromatic rings. The predicted octanol–water partition coefficient (Wildman–Crippen LogP) is 4.30. The van der Waals surface area contributed by atoms with Crippen LogP contribution in [0.5, 0.6) is 11.5 Å². The Morgan fingerprint density at radius 1 is 1.18 bits per heavy atom. The molecule has 0 bridgehead atoms. The number of methoxy groups -OCH3 is 2. The minimum atomic E-state index is -4.52. The number of alkyl halides is 3. The van der Waals surface area contributed by atoms with Gasteiger partial charge in [-0.1, -0.05) is 23.4 Å². The first-order chi connectivity index (χ1) is 13.2. The molecule has 0 amide bonds. The van der Waals surface area contributed by atoms with E-state index in [0.29, 0.717) is 34.4 Å². The van der Waals surface area contributed by atoms with Crippen molar-refractivity contribution in [1.82, 2.24) is 15.0 Å². The SMILES string of the molecule is COc1cc2nc(CSc3ncc(C(F)(F)F)cc3Cl)[nH]c(=O)c2cc1OC. The van der Waals surface area contributed by atoms with Crippen molar-refractivity contribution >= 4 is 34.3 Å². The fourth-order valence-electron chi connectivity index (χ4n) is 2.41. The molecule has 28 heavy (non-hydrogen) atoms. The lowest BCUT2D eigenvalue weighted by Crippen LogP contribution is -2.12. The molecule has 6 nitrogen and oxygen atoms in total. The Kier molecular flexibility index (Phi) is 5.71. The highest BCUT2D eigenvalue weighted by Gasteiger charge is 2.31. The normalized spacial score (nSPS) is 11.6. The van der Waals surface area contributed by atoms with Crippen molar-refractivity contribution in [1.29, 1.82) is 0 Å². The Morgan fingerprint density at radius 3 is 2.46 bits per heavy atom. The first-order valence-corrected chi connectivity index (χ1v) is 9.09. The minimum Gasteiger partial charge on any atom is -0.493 e. The summed E-state index contributed by atoms with van der Waals surface area (Å²) in [6.45, 7) is 0. The van der Waals surface area contributed by atoms with Gasteiger partial charge in [-0.2, -0.15) is 13.2 Å². The standard InChI is InChI=1S/C17H13ClF3N3O3S/c1-26-12-4-9-11(5-13(12)27-2)23-14(24-15(9)25)7-28-16-10(18)3-8(6-22-16)17(19,20)21/h3-6H,7H2,1-2H3,(H,23,24,25). The van der Waals surface area contributed by atoms with E-state index in [1.165, 1.54) is 20.3 Å². The number of nitrogens with one attached hydrogen (secondary N) is 1. The van der Waals surface area contributed by atoms with Gasteiger partial charge in [-0.05, 0) is 12.1 Å². The van der Waals surface area contributed by atoms with Crippen LogP contribution in [0.15, 0.2) is 34.2 Å². The molecule has 0 aliphatic heterocycles. The largest absolute Gasteiger partial charge is 0.493 e. The topological polar surface area (TPSA) is 77.1 Å². The van der Waals surface area contributed by atoms with Gasteiger partial charge in [0.2, 0.25) is 0 Å². The monoisotopic (exact) mass is 431 g/mol. The summed E-state index contributed by atoms with van der Waals surface area (Å²) in [7, 11) is 2.92. The van der Waals surface area contributed by atoms with Gasteiger partial charge in [-0.3, -0.25) is 4.79 Å². The molecule has 2 aromatic heterocycles. The third-order valence-corrected chi connectivity index (χ3v) is 5.16. The summed E-state index contributed by atoms with van der Waals surface area (Å²) in [6, 6.07) is 3.90. The van der Waals surface area contributed by atoms with E-state index in [9.17, 15) is 18.0 Å². The number of hydrogen-bond acceptors (Lipinski definition) is 6. The van der Waals surface area contributed by atoms with Crippen LogP contribution in [0.25, 0.3) is 10.9 Å². The smallest absolute Gasteiger partial charge is 0.417 e. The van der Waals surface area contributed by atoms with E-state index < -0.39 is 11.7 Å². The second-order valence-electron chi connectivity index (χ2n) is 5.53. The third kappa shape index (κ3) is 4.17. The number of thioether (sulfide) groups is 1. The predicted molar refractivity (Wildman–Crippen MR) is 99.3 cm³/mol. The van der Waals surface area contributed by atoms with Crippen molar-refractivity contribution in [2.75, 3.05) is 14.2 Å². The average Bonchev–Trinajstić information content (AvgIpc) is 2.65. The Hall–Kier alpha value is -2.46. The van der Waals surface area contributed by atoms with Gasteiger partial charge in [0, 0.05) is 12.3 Å². The van der Waals surface area contributed by atoms with E-state index in [1.807, 2.05) is 0 Å². The van der Waals surface area contributed by atoms with E-state index in [-0.39, 0.29) is 21.4 Å². The van der Waals surface area contributed by atoms with Crippen LogP contribution in [0.3, 0.4) is 0 Å². The van der Waals surface area contributed by atoms with Crippen LogP contribution in [0.2, 0.25) is 5.02 Å². The fraction of sp³-hybridized carbons (Fsp3) is 0.235. The van der Waals surface area contributed by atoms with Gasteiger partial charge in [0.25, 0.3) is 5.56 Å². The minimum absolute atomic E-state index is 0.130. The zero-order valence-corrected chi connectivity index (χ0v) is 16.1. The lowest BCUT2D eigenvalue weighted by molar-refractivity contribution is -0.137. The lowest BCUT2D eigenvalue weighted by Gasteiger charge is -2.10. The molecule has 1 aromatic carbocycles. The number of ether oxygens (including phenoxy) is 2.